The number of imidazole rings is 1. The summed E-state index contributed by atoms with van der Waals surface area (Å²) in [4.78, 5) is 15.6. The maximum absolute atomic E-state index is 11.5. The van der Waals surface area contributed by atoms with E-state index in [1.807, 2.05) is 18.2 Å². The average Bonchev–Trinajstić information content (AvgIpc) is 2.94. The molecule has 0 aliphatic rings. The minimum Gasteiger partial charge on any atom is -0.496 e. The molecule has 136 valence electrons. The summed E-state index contributed by atoms with van der Waals surface area (Å²) in [6, 6.07) is 6.61. The van der Waals surface area contributed by atoms with E-state index in [0.29, 0.717) is 12.3 Å². The molecule has 6 nitrogen and oxygen atoms in total. The van der Waals surface area contributed by atoms with Crippen molar-refractivity contribution in [3.05, 3.63) is 33.8 Å². The number of aromatic nitrogens is 2. The molecule has 0 saturated heterocycles. The zero-order valence-corrected chi connectivity index (χ0v) is 18.0. The lowest BCUT2D eigenvalue weighted by atomic mass is 10.1. The Labute approximate surface area is 162 Å². The van der Waals surface area contributed by atoms with E-state index in [1.165, 1.54) is 6.33 Å². The number of hydrogen-bond acceptors (Lipinski definition) is 4. The van der Waals surface area contributed by atoms with Crippen LogP contribution in [0.1, 0.15) is 10.5 Å². The van der Waals surface area contributed by atoms with Crippen LogP contribution in [0.5, 0.6) is 5.75 Å². The number of carbonyl (C=O) groups is 1. The van der Waals surface area contributed by atoms with Crippen molar-refractivity contribution in [1.29, 1.82) is 0 Å². The maximum Gasteiger partial charge on any atom is 0.356 e. The third-order valence-corrected chi connectivity index (χ3v) is 6.24. The first-order valence-electron chi connectivity index (χ1n) is 7.93. The lowest BCUT2D eigenvalue weighted by Crippen LogP contribution is -2.22. The van der Waals surface area contributed by atoms with Gasteiger partial charge in [0.25, 0.3) is 0 Å². The van der Waals surface area contributed by atoms with E-state index >= 15 is 0 Å². The largest absolute Gasteiger partial charge is 0.496 e. The number of hydrogen-bond donors (Lipinski definition) is 1. The molecular formula is C17H23IN2O4Si. The van der Waals surface area contributed by atoms with Gasteiger partial charge < -0.3 is 19.1 Å². The SMILES string of the molecule is COc1ccc(-c2c(C(=O)O)ncn2COCC[Si](C)(C)C)cc1I. The van der Waals surface area contributed by atoms with Crippen molar-refractivity contribution < 1.29 is 19.4 Å². The molecule has 0 fully saturated rings. The minimum absolute atomic E-state index is 0.0229. The Morgan fingerprint density at radius 1 is 1.36 bits per heavy atom. The van der Waals surface area contributed by atoms with Crippen LogP contribution in [-0.4, -0.2) is 42.4 Å². The summed E-state index contributed by atoms with van der Waals surface area (Å²) >= 11 is 2.17. The molecule has 0 amide bonds. The van der Waals surface area contributed by atoms with Gasteiger partial charge in [0.1, 0.15) is 12.5 Å². The summed E-state index contributed by atoms with van der Waals surface area (Å²) in [5.41, 5.74) is 1.34. The van der Waals surface area contributed by atoms with E-state index < -0.39 is 14.0 Å². The first-order chi connectivity index (χ1) is 11.7. The monoisotopic (exact) mass is 474 g/mol. The van der Waals surface area contributed by atoms with Gasteiger partial charge in [-0.05, 0) is 46.8 Å². The molecule has 0 aliphatic heterocycles. The van der Waals surface area contributed by atoms with Gasteiger partial charge in [0.2, 0.25) is 0 Å². The van der Waals surface area contributed by atoms with Crippen LogP contribution in [0.4, 0.5) is 0 Å². The molecule has 1 aromatic carbocycles. The summed E-state index contributed by atoms with van der Waals surface area (Å²) in [6.07, 6.45) is 1.52. The summed E-state index contributed by atoms with van der Waals surface area (Å²) in [5, 5.41) is 9.45. The van der Waals surface area contributed by atoms with Crippen LogP contribution in [0, 0.1) is 3.57 Å². The van der Waals surface area contributed by atoms with Crippen molar-refractivity contribution in [1.82, 2.24) is 9.55 Å². The molecule has 0 atom stereocenters. The smallest absolute Gasteiger partial charge is 0.356 e. The fourth-order valence-corrected chi connectivity index (χ4v) is 3.79. The molecule has 0 bridgehead atoms. The molecule has 25 heavy (non-hydrogen) atoms. The number of nitrogens with zero attached hydrogens (tertiary/aromatic N) is 2. The van der Waals surface area contributed by atoms with Crippen molar-refractivity contribution in [2.24, 2.45) is 0 Å². The minimum atomic E-state index is -1.16. The quantitative estimate of drug-likeness (QED) is 0.353. The van der Waals surface area contributed by atoms with Gasteiger partial charge in [-0.1, -0.05) is 19.6 Å². The van der Waals surface area contributed by atoms with E-state index in [9.17, 15) is 9.90 Å². The van der Waals surface area contributed by atoms with E-state index in [1.54, 1.807) is 11.7 Å². The van der Waals surface area contributed by atoms with Crippen LogP contribution < -0.4 is 4.74 Å². The second-order valence-electron chi connectivity index (χ2n) is 6.91. The molecular weight excluding hydrogens is 451 g/mol. The first-order valence-corrected chi connectivity index (χ1v) is 12.7. The highest BCUT2D eigenvalue weighted by molar-refractivity contribution is 14.1. The molecule has 0 unspecified atom stereocenters. The fraction of sp³-hybridized carbons (Fsp3) is 0.412. The third kappa shape index (κ3) is 5.29. The number of benzene rings is 1. The summed E-state index contributed by atoms with van der Waals surface area (Å²) in [7, 11) is 0.445. The number of carboxylic acids is 1. The molecule has 2 rings (SSSR count). The van der Waals surface area contributed by atoms with Gasteiger partial charge in [-0.15, -0.1) is 0 Å². The van der Waals surface area contributed by atoms with Gasteiger partial charge in [-0.25, -0.2) is 9.78 Å². The molecule has 0 spiro atoms. The predicted octanol–water partition coefficient (Wildman–Crippen LogP) is 4.17. The number of carboxylic acid groups (broad SMARTS) is 1. The number of halogens is 1. The van der Waals surface area contributed by atoms with Crippen molar-refractivity contribution >= 4 is 36.6 Å². The Balaban J connectivity index is 2.27. The Kier molecular flexibility index (Phi) is 6.63. The van der Waals surface area contributed by atoms with Crippen LogP contribution in [0.15, 0.2) is 24.5 Å². The molecule has 2 aromatic rings. The zero-order valence-electron chi connectivity index (χ0n) is 14.9. The van der Waals surface area contributed by atoms with Crippen molar-refractivity contribution in [2.75, 3.05) is 13.7 Å². The van der Waals surface area contributed by atoms with Crippen LogP contribution in [0.25, 0.3) is 11.3 Å². The second kappa shape index (κ2) is 8.32. The Morgan fingerprint density at radius 2 is 2.08 bits per heavy atom. The summed E-state index contributed by atoms with van der Waals surface area (Å²) < 4.78 is 13.7. The van der Waals surface area contributed by atoms with E-state index in [-0.39, 0.29) is 12.4 Å². The molecule has 1 heterocycles. The van der Waals surface area contributed by atoms with Crippen molar-refractivity contribution in [2.45, 2.75) is 32.4 Å². The molecule has 0 saturated carbocycles. The highest BCUT2D eigenvalue weighted by Gasteiger charge is 2.20. The van der Waals surface area contributed by atoms with Gasteiger partial charge >= 0.3 is 5.97 Å². The normalized spacial score (nSPS) is 11.6. The average molecular weight is 474 g/mol. The summed E-state index contributed by atoms with van der Waals surface area (Å²) in [5.74, 6) is -0.305. The van der Waals surface area contributed by atoms with E-state index in [2.05, 4.69) is 47.2 Å². The summed E-state index contributed by atoms with van der Waals surface area (Å²) in [6.45, 7) is 7.82. The fourth-order valence-electron chi connectivity index (χ4n) is 2.29. The number of rotatable bonds is 8. The van der Waals surface area contributed by atoms with Crippen LogP contribution in [-0.2, 0) is 11.5 Å². The number of ether oxygens (including phenoxy) is 2. The Morgan fingerprint density at radius 3 is 2.64 bits per heavy atom. The predicted molar refractivity (Wildman–Crippen MR) is 108 cm³/mol. The van der Waals surface area contributed by atoms with Crippen molar-refractivity contribution in [3.8, 4) is 17.0 Å². The maximum atomic E-state index is 11.5. The van der Waals surface area contributed by atoms with Gasteiger partial charge in [0.15, 0.2) is 5.69 Å². The van der Waals surface area contributed by atoms with Gasteiger partial charge in [-0.3, -0.25) is 0 Å². The Hall–Kier alpha value is -1.39. The Bertz CT molecular complexity index is 756. The lowest BCUT2D eigenvalue weighted by molar-refractivity contribution is 0.0691. The van der Waals surface area contributed by atoms with Gasteiger partial charge in [0.05, 0.1) is 22.7 Å². The third-order valence-electron chi connectivity index (χ3n) is 3.69. The zero-order chi connectivity index (χ0) is 18.6. The topological polar surface area (TPSA) is 73.6 Å². The number of aromatic carboxylic acids is 1. The highest BCUT2D eigenvalue weighted by Crippen LogP contribution is 2.30. The lowest BCUT2D eigenvalue weighted by Gasteiger charge is -2.16. The molecule has 0 aliphatic carbocycles. The standard InChI is InChI=1S/C17H23IN2O4Si/c1-23-14-6-5-12(9-13(14)18)16-15(17(21)22)19-10-20(16)11-24-7-8-25(2,3)4/h5-6,9-10H,7-8,11H2,1-4H3,(H,21,22). The highest BCUT2D eigenvalue weighted by atomic mass is 127. The second-order valence-corrected chi connectivity index (χ2v) is 13.7. The van der Waals surface area contributed by atoms with E-state index in [0.717, 1.165) is 20.9 Å². The van der Waals surface area contributed by atoms with Gasteiger partial charge in [-0.2, -0.15) is 0 Å². The molecule has 1 N–H and O–H groups in total. The van der Waals surface area contributed by atoms with Crippen LogP contribution in [0.2, 0.25) is 25.7 Å². The van der Waals surface area contributed by atoms with E-state index in [4.69, 9.17) is 9.47 Å². The number of methoxy groups -OCH3 is 1. The van der Waals surface area contributed by atoms with Crippen LogP contribution in [0.3, 0.4) is 0 Å². The molecule has 1 aromatic heterocycles. The molecule has 0 radical (unpaired) electrons. The molecule has 8 heteroatoms. The van der Waals surface area contributed by atoms with Gasteiger partial charge in [0, 0.05) is 20.2 Å². The van der Waals surface area contributed by atoms with Crippen LogP contribution >= 0.6 is 22.6 Å². The van der Waals surface area contributed by atoms with Crippen molar-refractivity contribution in [3.63, 3.8) is 0 Å². The first kappa shape index (κ1) is 19.9.